The van der Waals surface area contributed by atoms with E-state index in [0.29, 0.717) is 17.8 Å². The molecule has 48 heavy (non-hydrogen) atoms. The molecule has 2 unspecified atom stereocenters. The Balaban J connectivity index is 1.31. The fraction of sp³-hybridized carbons (Fsp3) is 0.417. The molecule has 0 nitrogen and oxygen atoms in total. The second kappa shape index (κ2) is 11.8. The van der Waals surface area contributed by atoms with Gasteiger partial charge in [0.1, 0.15) is 0 Å². The third-order valence-corrected chi connectivity index (χ3v) is 11.9. The van der Waals surface area contributed by atoms with Gasteiger partial charge in [0.15, 0.2) is 0 Å². The largest absolute Gasteiger partial charge is 0.0651 e. The molecule has 7 rings (SSSR count). The summed E-state index contributed by atoms with van der Waals surface area (Å²) >= 11 is 0. The first-order valence-corrected chi connectivity index (χ1v) is 18.6. The molecule has 0 bridgehead atoms. The van der Waals surface area contributed by atoms with Gasteiger partial charge in [0.2, 0.25) is 0 Å². The number of fused-ring (bicyclic) bond motifs is 3. The van der Waals surface area contributed by atoms with Crippen molar-refractivity contribution in [2.24, 2.45) is 0 Å². The minimum atomic E-state index is 0.149. The van der Waals surface area contributed by atoms with Gasteiger partial charge in [-0.05, 0) is 141 Å². The van der Waals surface area contributed by atoms with Crippen molar-refractivity contribution in [2.45, 2.75) is 130 Å². The van der Waals surface area contributed by atoms with Crippen LogP contribution in [0.1, 0.15) is 155 Å². The number of benzene rings is 4. The summed E-state index contributed by atoms with van der Waals surface area (Å²) < 4.78 is 0. The van der Waals surface area contributed by atoms with Crippen LogP contribution in [0.15, 0.2) is 71.8 Å². The highest BCUT2D eigenvalue weighted by Crippen LogP contribution is 2.53. The molecule has 4 aromatic rings. The van der Waals surface area contributed by atoms with Gasteiger partial charge in [0.05, 0.1) is 0 Å². The van der Waals surface area contributed by atoms with E-state index in [-0.39, 0.29) is 10.8 Å². The summed E-state index contributed by atoms with van der Waals surface area (Å²) in [6.45, 7) is 25.7. The number of allylic oxidation sites excluding steroid dienone is 2. The molecular formula is C48H56. The second-order valence-corrected chi connectivity index (χ2v) is 17.6. The lowest BCUT2D eigenvalue weighted by molar-refractivity contribution is 0.590. The topological polar surface area (TPSA) is 0 Å². The molecular weight excluding hydrogens is 577 g/mol. The van der Waals surface area contributed by atoms with Crippen LogP contribution in [0.2, 0.25) is 0 Å². The highest BCUT2D eigenvalue weighted by molar-refractivity contribution is 5.87. The zero-order valence-corrected chi connectivity index (χ0v) is 31.5. The number of hydrogen-bond acceptors (Lipinski definition) is 0. The number of rotatable bonds is 5. The molecule has 0 N–H and O–H groups in total. The molecule has 0 saturated heterocycles. The zero-order valence-electron chi connectivity index (χ0n) is 31.5. The van der Waals surface area contributed by atoms with Gasteiger partial charge in [-0.3, -0.25) is 0 Å². The molecule has 0 fully saturated rings. The van der Waals surface area contributed by atoms with Crippen LogP contribution in [0.5, 0.6) is 0 Å². The fourth-order valence-corrected chi connectivity index (χ4v) is 9.10. The van der Waals surface area contributed by atoms with Gasteiger partial charge in [-0.25, -0.2) is 0 Å². The van der Waals surface area contributed by atoms with Crippen LogP contribution >= 0.6 is 0 Å². The Bertz CT molecular complexity index is 1960. The van der Waals surface area contributed by atoms with Crippen LogP contribution in [0.4, 0.5) is 0 Å². The summed E-state index contributed by atoms with van der Waals surface area (Å²) in [4.78, 5) is 0. The molecule has 0 aromatic heterocycles. The van der Waals surface area contributed by atoms with Crippen molar-refractivity contribution in [1.82, 2.24) is 0 Å². The van der Waals surface area contributed by atoms with Crippen molar-refractivity contribution in [3.05, 3.63) is 127 Å². The Labute approximate surface area is 291 Å². The lowest BCUT2D eigenvalue weighted by Crippen LogP contribution is -2.11. The maximum absolute atomic E-state index is 2.62. The molecule has 248 valence electrons. The smallest absolute Gasteiger partial charge is 0.00639 e. The third-order valence-electron chi connectivity index (χ3n) is 11.9. The first-order chi connectivity index (χ1) is 22.6. The van der Waals surface area contributed by atoms with E-state index in [1.807, 2.05) is 0 Å². The molecule has 0 heteroatoms. The van der Waals surface area contributed by atoms with Crippen LogP contribution in [0.25, 0.3) is 34.4 Å². The maximum atomic E-state index is 2.62. The lowest BCUT2D eigenvalue weighted by atomic mass is 9.78. The molecule has 3 aliphatic carbocycles. The Morgan fingerprint density at radius 2 is 1.10 bits per heavy atom. The van der Waals surface area contributed by atoms with E-state index in [0.717, 1.165) is 6.42 Å². The van der Waals surface area contributed by atoms with E-state index >= 15 is 0 Å². The highest BCUT2D eigenvalue weighted by atomic mass is 14.4. The van der Waals surface area contributed by atoms with E-state index < -0.39 is 0 Å². The van der Waals surface area contributed by atoms with Crippen LogP contribution in [0, 0.1) is 6.92 Å². The van der Waals surface area contributed by atoms with Crippen molar-refractivity contribution in [3.8, 4) is 22.3 Å². The molecule has 0 amide bonds. The minimum absolute atomic E-state index is 0.149. The van der Waals surface area contributed by atoms with Gasteiger partial charge in [-0.1, -0.05) is 139 Å². The summed E-state index contributed by atoms with van der Waals surface area (Å²) in [5.41, 5.74) is 24.0. The molecule has 0 heterocycles. The van der Waals surface area contributed by atoms with Gasteiger partial charge in [0.25, 0.3) is 0 Å². The summed E-state index contributed by atoms with van der Waals surface area (Å²) in [5, 5.41) is 0. The molecule has 4 aromatic carbocycles. The van der Waals surface area contributed by atoms with E-state index in [2.05, 4.69) is 149 Å². The number of hydrogen-bond donors (Lipinski definition) is 0. The fourth-order valence-electron chi connectivity index (χ4n) is 9.10. The maximum Gasteiger partial charge on any atom is 0.00639 e. The Hall–Kier alpha value is -3.64. The van der Waals surface area contributed by atoms with Gasteiger partial charge < -0.3 is 0 Å². The molecule has 3 aliphatic rings. The van der Waals surface area contributed by atoms with E-state index in [9.17, 15) is 0 Å². The SMILES string of the molecule is CC1=Cc2c(cc(C(C)C)c(C)c2-c2ccc(C(C)(C)C)cc2)C1CC1C(C)=Cc2c1cc1c(c2-c2ccc(C(C)(C)C)cc2)CCC1. The summed E-state index contributed by atoms with van der Waals surface area (Å²) in [6, 6.07) is 24.2. The molecule has 2 atom stereocenters. The van der Waals surface area contributed by atoms with Crippen LogP contribution in [0.3, 0.4) is 0 Å². The van der Waals surface area contributed by atoms with E-state index in [1.165, 1.54) is 91.6 Å². The van der Waals surface area contributed by atoms with Gasteiger partial charge >= 0.3 is 0 Å². The van der Waals surface area contributed by atoms with Crippen LogP contribution < -0.4 is 0 Å². The monoisotopic (exact) mass is 632 g/mol. The third kappa shape index (κ3) is 5.54. The molecule has 0 radical (unpaired) electrons. The first-order valence-electron chi connectivity index (χ1n) is 18.6. The Morgan fingerprint density at radius 1 is 0.625 bits per heavy atom. The average Bonchev–Trinajstić information content (AvgIpc) is 3.70. The quantitative estimate of drug-likeness (QED) is 0.205. The zero-order chi connectivity index (χ0) is 34.3. The van der Waals surface area contributed by atoms with E-state index in [4.69, 9.17) is 0 Å². The predicted molar refractivity (Wildman–Crippen MR) is 209 cm³/mol. The van der Waals surface area contributed by atoms with Crippen LogP contribution in [-0.2, 0) is 23.7 Å². The molecule has 0 spiro atoms. The lowest BCUT2D eigenvalue weighted by Gasteiger charge is -2.26. The van der Waals surface area contributed by atoms with Crippen molar-refractivity contribution < 1.29 is 0 Å². The second-order valence-electron chi connectivity index (χ2n) is 17.6. The summed E-state index contributed by atoms with van der Waals surface area (Å²) in [5.74, 6) is 1.34. The van der Waals surface area contributed by atoms with Gasteiger partial charge in [0, 0.05) is 11.8 Å². The van der Waals surface area contributed by atoms with Gasteiger partial charge in [-0.15, -0.1) is 0 Å². The van der Waals surface area contributed by atoms with Crippen molar-refractivity contribution in [3.63, 3.8) is 0 Å². The molecule has 0 aliphatic heterocycles. The van der Waals surface area contributed by atoms with Crippen molar-refractivity contribution in [1.29, 1.82) is 0 Å². The highest BCUT2D eigenvalue weighted by Gasteiger charge is 2.35. The number of aryl methyl sites for hydroxylation is 1. The normalized spacial score (nSPS) is 18.6. The first kappa shape index (κ1) is 32.9. The Kier molecular flexibility index (Phi) is 8.05. The van der Waals surface area contributed by atoms with Crippen LogP contribution in [-0.4, -0.2) is 0 Å². The summed E-state index contributed by atoms with van der Waals surface area (Å²) in [6.07, 6.45) is 9.90. The predicted octanol–water partition coefficient (Wildman–Crippen LogP) is 13.6. The van der Waals surface area contributed by atoms with Gasteiger partial charge in [-0.2, -0.15) is 0 Å². The standard InChI is InChI=1S/C48H56/c1-28(2)38-26-42-40(29(3)23-43(42)45(31(38)5)32-15-19-35(20-16-32)47(6,7)8)27-39-30(4)24-44-41(39)25-34-13-12-14-37(34)46(44)33-17-21-36(22-18-33)48(9,10)11/h15-26,28,39-40H,12-14,27H2,1-11H3. The Morgan fingerprint density at radius 3 is 1.60 bits per heavy atom. The van der Waals surface area contributed by atoms with E-state index in [1.54, 1.807) is 16.7 Å². The average molecular weight is 633 g/mol. The summed E-state index contributed by atoms with van der Waals surface area (Å²) in [7, 11) is 0. The van der Waals surface area contributed by atoms with Crippen molar-refractivity contribution in [2.75, 3.05) is 0 Å². The van der Waals surface area contributed by atoms with Crippen molar-refractivity contribution >= 4 is 12.2 Å². The molecule has 0 saturated carbocycles. The minimum Gasteiger partial charge on any atom is -0.0651 e.